The molecule has 6 nitrogen and oxygen atoms in total. The van der Waals surface area contributed by atoms with Crippen LogP contribution in [-0.2, 0) is 16.1 Å². The Labute approximate surface area is 251 Å². The van der Waals surface area contributed by atoms with Gasteiger partial charge < -0.3 is 19.3 Å². The molecule has 0 saturated carbocycles. The topological polar surface area (TPSA) is 88.8 Å². The van der Waals surface area contributed by atoms with Crippen molar-refractivity contribution in [3.63, 3.8) is 0 Å². The van der Waals surface area contributed by atoms with Crippen LogP contribution in [0.2, 0.25) is 0 Å². The van der Waals surface area contributed by atoms with E-state index in [0.29, 0.717) is 24.5 Å². The van der Waals surface area contributed by atoms with Crippen molar-refractivity contribution < 1.29 is 37.3 Å². The molecule has 222 valence electrons. The smallest absolute Gasteiger partial charge is 0.490 e. The van der Waals surface area contributed by atoms with E-state index in [4.69, 9.17) is 14.7 Å². The van der Waals surface area contributed by atoms with Gasteiger partial charge >= 0.3 is 12.1 Å². The zero-order valence-electron chi connectivity index (χ0n) is 23.4. The maximum Gasteiger partial charge on any atom is 0.490 e. The van der Waals surface area contributed by atoms with Crippen LogP contribution in [0.15, 0.2) is 66.0 Å². The summed E-state index contributed by atoms with van der Waals surface area (Å²) in [6, 6.07) is 21.4. The first-order chi connectivity index (χ1) is 20.6. The lowest BCUT2D eigenvalue weighted by Gasteiger charge is -2.15. The number of nitriles is 1. The molecule has 0 aliphatic heterocycles. The SMILES string of the molecule is CC#CC(CC#N)c1ccc(OCc2ccc3scc(-c4ccc(OCC(O)COC(=O)C(F)(F)F)cc4C)c3c2)cc1. The van der Waals surface area contributed by atoms with E-state index >= 15 is 0 Å². The average Bonchev–Trinajstić information content (AvgIpc) is 3.40. The highest BCUT2D eigenvalue weighted by Crippen LogP contribution is 2.37. The molecule has 0 aliphatic carbocycles. The van der Waals surface area contributed by atoms with Crippen molar-refractivity contribution in [1.82, 2.24) is 0 Å². The van der Waals surface area contributed by atoms with Gasteiger partial charge in [0.1, 0.15) is 37.4 Å². The zero-order valence-corrected chi connectivity index (χ0v) is 24.2. The molecule has 43 heavy (non-hydrogen) atoms. The molecule has 4 rings (SSSR count). The molecule has 1 N–H and O–H groups in total. The maximum atomic E-state index is 12.2. The first-order valence-corrected chi connectivity index (χ1v) is 14.1. The Kier molecular flexibility index (Phi) is 10.3. The molecule has 0 radical (unpaired) electrons. The summed E-state index contributed by atoms with van der Waals surface area (Å²) in [5.74, 6) is 4.59. The lowest BCUT2D eigenvalue weighted by molar-refractivity contribution is -0.202. The first-order valence-electron chi connectivity index (χ1n) is 13.3. The fourth-order valence-electron chi connectivity index (χ4n) is 4.38. The number of nitrogens with zero attached hydrogens (tertiary/aromatic N) is 1. The number of hydrogen-bond donors (Lipinski definition) is 1. The van der Waals surface area contributed by atoms with Crippen LogP contribution in [-0.4, -0.2) is 36.6 Å². The highest BCUT2D eigenvalue weighted by atomic mass is 32.1. The molecule has 0 saturated heterocycles. The Morgan fingerprint density at radius 2 is 1.74 bits per heavy atom. The van der Waals surface area contributed by atoms with Crippen molar-refractivity contribution in [3.8, 4) is 40.5 Å². The number of aliphatic hydroxyl groups is 1. The second kappa shape index (κ2) is 14.1. The summed E-state index contributed by atoms with van der Waals surface area (Å²) in [4.78, 5) is 10.8. The number of thiophene rings is 1. The number of aryl methyl sites for hydroxylation is 1. The summed E-state index contributed by atoms with van der Waals surface area (Å²) in [7, 11) is 0. The van der Waals surface area contributed by atoms with Crippen LogP contribution in [0.25, 0.3) is 21.2 Å². The number of alkyl halides is 3. The second-order valence-electron chi connectivity index (χ2n) is 9.68. The van der Waals surface area contributed by atoms with Gasteiger partial charge in [0.05, 0.1) is 18.4 Å². The monoisotopic (exact) mass is 607 g/mol. The lowest BCUT2D eigenvalue weighted by Crippen LogP contribution is -2.31. The van der Waals surface area contributed by atoms with Gasteiger partial charge in [-0.2, -0.15) is 18.4 Å². The molecular formula is C33H28F3NO5S. The van der Waals surface area contributed by atoms with Crippen LogP contribution in [0.3, 0.4) is 0 Å². The number of carbonyl (C=O) groups excluding carboxylic acids is 1. The van der Waals surface area contributed by atoms with Crippen molar-refractivity contribution in [2.75, 3.05) is 13.2 Å². The van der Waals surface area contributed by atoms with Gasteiger partial charge in [0.2, 0.25) is 0 Å². The third kappa shape index (κ3) is 8.29. The third-order valence-electron chi connectivity index (χ3n) is 6.51. The maximum absolute atomic E-state index is 12.2. The van der Waals surface area contributed by atoms with Gasteiger partial charge in [-0.1, -0.05) is 30.2 Å². The van der Waals surface area contributed by atoms with Gasteiger partial charge in [-0.25, -0.2) is 4.79 Å². The lowest BCUT2D eigenvalue weighted by atomic mass is 9.97. The summed E-state index contributed by atoms with van der Waals surface area (Å²) in [6.45, 7) is 2.87. The molecule has 0 spiro atoms. The highest BCUT2D eigenvalue weighted by molar-refractivity contribution is 7.17. The Hall–Kier alpha value is -4.51. The number of ether oxygens (including phenoxy) is 3. The molecule has 0 aliphatic rings. The first kappa shape index (κ1) is 31.4. The quantitative estimate of drug-likeness (QED) is 0.142. The molecule has 4 aromatic rings. The Bertz CT molecular complexity index is 1680. The fraction of sp³-hybridized carbons (Fsp3) is 0.273. The Balaban J connectivity index is 1.40. The van der Waals surface area contributed by atoms with E-state index in [2.05, 4.69) is 40.2 Å². The number of carbonyl (C=O) groups is 1. The van der Waals surface area contributed by atoms with Gasteiger partial charge in [0, 0.05) is 15.6 Å². The zero-order chi connectivity index (χ0) is 31.0. The molecule has 2 atom stereocenters. The molecular weight excluding hydrogens is 579 g/mol. The summed E-state index contributed by atoms with van der Waals surface area (Å²) in [5, 5.41) is 22.0. The van der Waals surface area contributed by atoms with Crippen LogP contribution in [0, 0.1) is 30.1 Å². The molecule has 0 fully saturated rings. The second-order valence-corrected chi connectivity index (χ2v) is 10.6. The molecule has 2 unspecified atom stereocenters. The fourth-order valence-corrected chi connectivity index (χ4v) is 5.32. The van der Waals surface area contributed by atoms with Gasteiger partial charge in [0.15, 0.2) is 0 Å². The van der Waals surface area contributed by atoms with Crippen LogP contribution < -0.4 is 9.47 Å². The van der Waals surface area contributed by atoms with Crippen molar-refractivity contribution in [1.29, 1.82) is 5.26 Å². The van der Waals surface area contributed by atoms with Gasteiger partial charge in [-0.3, -0.25) is 0 Å². The van der Waals surface area contributed by atoms with Crippen molar-refractivity contribution in [2.45, 2.75) is 45.1 Å². The summed E-state index contributed by atoms with van der Waals surface area (Å²) >= 11 is 1.62. The average molecular weight is 608 g/mol. The number of halogens is 3. The minimum absolute atomic E-state index is 0.127. The van der Waals surface area contributed by atoms with E-state index in [1.807, 2.05) is 43.3 Å². The van der Waals surface area contributed by atoms with Gasteiger partial charge in [-0.05, 0) is 77.9 Å². The largest absolute Gasteiger partial charge is 0.491 e. The third-order valence-corrected chi connectivity index (χ3v) is 7.47. The van der Waals surface area contributed by atoms with Crippen LogP contribution in [0.1, 0.15) is 36.0 Å². The molecule has 0 amide bonds. The van der Waals surface area contributed by atoms with Crippen molar-refractivity contribution in [3.05, 3.63) is 82.7 Å². The predicted octanol–water partition coefficient (Wildman–Crippen LogP) is 7.32. The van der Waals surface area contributed by atoms with E-state index < -0.39 is 24.9 Å². The van der Waals surface area contributed by atoms with Crippen molar-refractivity contribution >= 4 is 27.4 Å². The number of hydrogen-bond acceptors (Lipinski definition) is 7. The summed E-state index contributed by atoms with van der Waals surface area (Å²) in [6.07, 6.45) is -6.20. The number of esters is 1. The minimum Gasteiger partial charge on any atom is -0.491 e. The molecule has 0 bridgehead atoms. The molecule has 1 heterocycles. The molecule has 1 aromatic heterocycles. The van der Waals surface area contributed by atoms with E-state index in [1.165, 1.54) is 0 Å². The van der Waals surface area contributed by atoms with E-state index in [9.17, 15) is 23.1 Å². The summed E-state index contributed by atoms with van der Waals surface area (Å²) in [5.41, 5.74) is 4.89. The normalized spacial score (nSPS) is 12.5. The van der Waals surface area contributed by atoms with Crippen LogP contribution >= 0.6 is 11.3 Å². The van der Waals surface area contributed by atoms with E-state index in [0.717, 1.165) is 37.9 Å². The van der Waals surface area contributed by atoms with Crippen LogP contribution in [0.4, 0.5) is 13.2 Å². The van der Waals surface area contributed by atoms with E-state index in [1.54, 1.807) is 30.4 Å². The van der Waals surface area contributed by atoms with Crippen molar-refractivity contribution in [2.24, 2.45) is 0 Å². The number of fused-ring (bicyclic) bond motifs is 1. The number of benzene rings is 3. The number of aliphatic hydroxyl groups excluding tert-OH is 1. The standard InChI is InChI=1S/C33H28F3NO5S/c1-3-4-23(13-14-37)24-6-8-26(9-7-24)40-17-22-5-12-31-29(16-22)30(20-43-31)28-11-10-27(15-21(28)2)41-18-25(38)19-42-32(39)33(34,35)36/h5-12,15-16,20,23,25,38H,13,17-19H2,1-2H3. The van der Waals surface area contributed by atoms with Gasteiger partial charge in [0.25, 0.3) is 0 Å². The highest BCUT2D eigenvalue weighted by Gasteiger charge is 2.41. The Morgan fingerprint density at radius 3 is 2.42 bits per heavy atom. The predicted molar refractivity (Wildman–Crippen MR) is 158 cm³/mol. The Morgan fingerprint density at radius 1 is 1.00 bits per heavy atom. The molecule has 3 aromatic carbocycles. The summed E-state index contributed by atoms with van der Waals surface area (Å²) < 4.78 is 53.5. The van der Waals surface area contributed by atoms with E-state index in [-0.39, 0.29) is 12.5 Å². The van der Waals surface area contributed by atoms with Gasteiger partial charge in [-0.15, -0.1) is 17.3 Å². The minimum atomic E-state index is -5.12. The molecule has 10 heteroatoms. The van der Waals surface area contributed by atoms with Crippen LogP contribution in [0.5, 0.6) is 11.5 Å². The number of rotatable bonds is 11.